The van der Waals surface area contributed by atoms with Gasteiger partial charge in [-0.2, -0.15) is 0 Å². The number of rotatable bonds is 9. The second kappa shape index (κ2) is 9.40. The molecule has 1 aliphatic heterocycles. The number of unbranched alkanes of at least 4 members (excludes halogenated alkanes) is 1. The Hall–Kier alpha value is -1.40. The molecule has 0 N–H and O–H groups in total. The van der Waals surface area contributed by atoms with Gasteiger partial charge in [-0.15, -0.1) is 0 Å². The topological polar surface area (TPSA) is 57.7 Å². The molecule has 1 aliphatic carbocycles. The lowest BCUT2D eigenvalue weighted by molar-refractivity contribution is -0.140. The van der Waals surface area contributed by atoms with Gasteiger partial charge in [-0.3, -0.25) is 4.79 Å². The molecule has 1 aromatic carbocycles. The molecule has 1 unspecified atom stereocenters. The standard InChI is InChI=1S/C22H34N2O3S/c1-3-4-16-28(26,27)23-14-12-21(13-15-23)22(25)24(18(2)20-10-11-20)17-19-8-6-5-7-9-19/h5-9,18,20-21H,3-4,10-17H2,1-2H3. The molecule has 1 aromatic rings. The van der Waals surface area contributed by atoms with Crippen LogP contribution in [-0.4, -0.2) is 48.4 Å². The first-order valence-electron chi connectivity index (χ1n) is 10.7. The zero-order valence-corrected chi connectivity index (χ0v) is 18.0. The summed E-state index contributed by atoms with van der Waals surface area (Å²) in [6.45, 7) is 5.76. The Morgan fingerprint density at radius 1 is 1.14 bits per heavy atom. The molecular weight excluding hydrogens is 372 g/mol. The van der Waals surface area contributed by atoms with Crippen molar-refractivity contribution in [1.29, 1.82) is 0 Å². The first kappa shape index (κ1) is 21.3. The number of carbonyl (C=O) groups is 1. The average molecular weight is 407 g/mol. The molecule has 1 saturated carbocycles. The van der Waals surface area contributed by atoms with Gasteiger partial charge in [0.05, 0.1) is 5.75 Å². The van der Waals surface area contributed by atoms with E-state index < -0.39 is 10.0 Å². The van der Waals surface area contributed by atoms with E-state index in [9.17, 15) is 13.2 Å². The van der Waals surface area contributed by atoms with Gasteiger partial charge in [-0.05, 0) is 50.5 Å². The average Bonchev–Trinajstić information content (AvgIpc) is 3.56. The Kier molecular flexibility index (Phi) is 7.15. The van der Waals surface area contributed by atoms with E-state index in [0.717, 1.165) is 12.0 Å². The summed E-state index contributed by atoms with van der Waals surface area (Å²) in [5.74, 6) is 0.972. The van der Waals surface area contributed by atoms with Crippen molar-refractivity contribution in [2.24, 2.45) is 11.8 Å². The number of carbonyl (C=O) groups excluding carboxylic acids is 1. The van der Waals surface area contributed by atoms with Crippen molar-refractivity contribution in [2.75, 3.05) is 18.8 Å². The molecular formula is C22H34N2O3S. The summed E-state index contributed by atoms with van der Waals surface area (Å²) in [5, 5.41) is 0. The molecule has 5 nitrogen and oxygen atoms in total. The van der Waals surface area contributed by atoms with Crippen LogP contribution in [0.25, 0.3) is 0 Å². The summed E-state index contributed by atoms with van der Waals surface area (Å²) in [6.07, 6.45) is 5.24. The molecule has 3 rings (SSSR count). The Labute approximate surface area is 170 Å². The van der Waals surface area contributed by atoms with Gasteiger partial charge in [-0.1, -0.05) is 43.7 Å². The first-order chi connectivity index (χ1) is 13.4. The number of amides is 1. The molecule has 28 heavy (non-hydrogen) atoms. The molecule has 0 spiro atoms. The molecule has 2 aliphatic rings. The highest BCUT2D eigenvalue weighted by molar-refractivity contribution is 7.89. The summed E-state index contributed by atoms with van der Waals surface area (Å²) in [5.41, 5.74) is 1.16. The summed E-state index contributed by atoms with van der Waals surface area (Å²) in [7, 11) is -3.17. The van der Waals surface area contributed by atoms with Crippen LogP contribution in [0.5, 0.6) is 0 Å². The predicted molar refractivity (Wildman–Crippen MR) is 112 cm³/mol. The van der Waals surface area contributed by atoms with Crippen molar-refractivity contribution in [3.63, 3.8) is 0 Å². The van der Waals surface area contributed by atoms with Crippen LogP contribution in [0.2, 0.25) is 0 Å². The number of hydrogen-bond acceptors (Lipinski definition) is 3. The van der Waals surface area contributed by atoms with Crippen LogP contribution >= 0.6 is 0 Å². The molecule has 1 saturated heterocycles. The van der Waals surface area contributed by atoms with Crippen molar-refractivity contribution in [1.82, 2.24) is 9.21 Å². The molecule has 0 aromatic heterocycles. The molecule has 0 radical (unpaired) electrons. The highest BCUT2D eigenvalue weighted by Crippen LogP contribution is 2.37. The zero-order chi connectivity index (χ0) is 20.1. The van der Waals surface area contributed by atoms with Crippen LogP contribution in [-0.2, 0) is 21.4 Å². The third-order valence-corrected chi connectivity index (χ3v) is 8.18. The largest absolute Gasteiger partial charge is 0.335 e. The monoisotopic (exact) mass is 406 g/mol. The summed E-state index contributed by atoms with van der Waals surface area (Å²) >= 11 is 0. The number of sulfonamides is 1. The van der Waals surface area contributed by atoms with E-state index in [-0.39, 0.29) is 23.6 Å². The quantitative estimate of drug-likeness (QED) is 0.629. The predicted octanol–water partition coefficient (Wildman–Crippen LogP) is 3.66. The van der Waals surface area contributed by atoms with E-state index in [1.54, 1.807) is 4.31 Å². The fraction of sp³-hybridized carbons (Fsp3) is 0.682. The summed E-state index contributed by atoms with van der Waals surface area (Å²) in [6, 6.07) is 10.4. The molecule has 0 bridgehead atoms. The maximum Gasteiger partial charge on any atom is 0.226 e. The SMILES string of the molecule is CCCCS(=O)(=O)N1CCC(C(=O)N(Cc2ccccc2)C(C)C2CC2)CC1. The third kappa shape index (κ3) is 5.35. The van der Waals surface area contributed by atoms with E-state index in [0.29, 0.717) is 44.8 Å². The second-order valence-electron chi connectivity index (χ2n) is 8.37. The highest BCUT2D eigenvalue weighted by Gasteiger charge is 2.38. The number of nitrogens with zero attached hydrogens (tertiary/aromatic N) is 2. The van der Waals surface area contributed by atoms with Crippen LogP contribution in [0.4, 0.5) is 0 Å². The Balaban J connectivity index is 1.63. The van der Waals surface area contributed by atoms with Gasteiger partial charge in [0, 0.05) is 31.6 Å². The lowest BCUT2D eigenvalue weighted by Crippen LogP contribution is -2.47. The molecule has 1 heterocycles. The van der Waals surface area contributed by atoms with Crippen LogP contribution in [0.3, 0.4) is 0 Å². The molecule has 156 valence electrons. The van der Waals surface area contributed by atoms with Crippen LogP contribution in [0.1, 0.15) is 57.9 Å². The lowest BCUT2D eigenvalue weighted by atomic mass is 9.95. The maximum atomic E-state index is 13.4. The van der Waals surface area contributed by atoms with Gasteiger partial charge >= 0.3 is 0 Å². The second-order valence-corrected chi connectivity index (χ2v) is 10.5. The third-order valence-electron chi connectivity index (χ3n) is 6.23. The van der Waals surface area contributed by atoms with Crippen LogP contribution < -0.4 is 0 Å². The summed E-state index contributed by atoms with van der Waals surface area (Å²) in [4.78, 5) is 15.4. The molecule has 2 fully saturated rings. The normalized spacial score (nSPS) is 20.1. The minimum absolute atomic E-state index is 0.0671. The Morgan fingerprint density at radius 3 is 2.36 bits per heavy atom. The maximum absolute atomic E-state index is 13.4. The molecule has 1 atom stereocenters. The minimum atomic E-state index is -3.17. The van der Waals surface area contributed by atoms with Crippen molar-refractivity contribution >= 4 is 15.9 Å². The van der Waals surface area contributed by atoms with E-state index in [2.05, 4.69) is 24.0 Å². The van der Waals surface area contributed by atoms with E-state index in [1.807, 2.05) is 25.1 Å². The van der Waals surface area contributed by atoms with Crippen molar-refractivity contribution in [3.05, 3.63) is 35.9 Å². The van der Waals surface area contributed by atoms with Gasteiger partial charge in [0.15, 0.2) is 0 Å². The van der Waals surface area contributed by atoms with E-state index >= 15 is 0 Å². The molecule has 6 heteroatoms. The zero-order valence-electron chi connectivity index (χ0n) is 17.2. The number of hydrogen-bond donors (Lipinski definition) is 0. The summed E-state index contributed by atoms with van der Waals surface area (Å²) < 4.78 is 26.5. The van der Waals surface area contributed by atoms with Crippen LogP contribution in [0, 0.1) is 11.8 Å². The van der Waals surface area contributed by atoms with Gasteiger partial charge in [0.25, 0.3) is 0 Å². The van der Waals surface area contributed by atoms with Gasteiger partial charge in [0.1, 0.15) is 0 Å². The smallest absolute Gasteiger partial charge is 0.226 e. The lowest BCUT2D eigenvalue weighted by Gasteiger charge is -2.36. The number of piperidine rings is 1. The fourth-order valence-corrected chi connectivity index (χ4v) is 5.79. The number of benzene rings is 1. The van der Waals surface area contributed by atoms with E-state index in [1.165, 1.54) is 12.8 Å². The Morgan fingerprint density at radius 2 is 1.79 bits per heavy atom. The Bertz CT molecular complexity index is 738. The highest BCUT2D eigenvalue weighted by atomic mass is 32.2. The van der Waals surface area contributed by atoms with Gasteiger partial charge < -0.3 is 4.90 Å². The van der Waals surface area contributed by atoms with Crippen molar-refractivity contribution in [2.45, 2.75) is 65.0 Å². The van der Waals surface area contributed by atoms with Crippen molar-refractivity contribution in [3.8, 4) is 0 Å². The van der Waals surface area contributed by atoms with Gasteiger partial charge in [-0.25, -0.2) is 12.7 Å². The molecule has 1 amide bonds. The van der Waals surface area contributed by atoms with E-state index in [4.69, 9.17) is 0 Å². The van der Waals surface area contributed by atoms with Crippen molar-refractivity contribution < 1.29 is 13.2 Å². The fourth-order valence-electron chi connectivity index (χ4n) is 4.11. The first-order valence-corrected chi connectivity index (χ1v) is 12.4. The minimum Gasteiger partial charge on any atom is -0.335 e. The van der Waals surface area contributed by atoms with Crippen LogP contribution in [0.15, 0.2) is 30.3 Å². The van der Waals surface area contributed by atoms with Gasteiger partial charge in [0.2, 0.25) is 15.9 Å².